The fourth-order valence-corrected chi connectivity index (χ4v) is 1.03. The third-order valence-corrected chi connectivity index (χ3v) is 1.76. The predicted octanol–water partition coefficient (Wildman–Crippen LogP) is 1.63. The molecule has 1 aromatic carbocycles. The number of rotatable bonds is 2. The van der Waals surface area contributed by atoms with Crippen molar-refractivity contribution in [2.75, 3.05) is 18.5 Å². The Kier molecular flexibility index (Phi) is 2.95. The van der Waals surface area contributed by atoms with E-state index in [1.807, 2.05) is 36.2 Å². The molecule has 0 fully saturated rings. The van der Waals surface area contributed by atoms with Gasteiger partial charge in [0.1, 0.15) is 6.54 Å². The van der Waals surface area contributed by atoms with E-state index in [0.717, 1.165) is 11.3 Å². The van der Waals surface area contributed by atoms with Gasteiger partial charge in [-0.15, -0.1) is 6.42 Å². The van der Waals surface area contributed by atoms with Crippen LogP contribution in [0.2, 0.25) is 0 Å². The van der Waals surface area contributed by atoms with Crippen molar-refractivity contribution in [2.24, 2.45) is 0 Å². The molecule has 1 rings (SSSR count). The molecule has 2 nitrogen and oxygen atoms in total. The number of benzene rings is 1. The van der Waals surface area contributed by atoms with Gasteiger partial charge >= 0.3 is 0 Å². The fraction of sp³-hybridized carbons (Fsp3) is 0.182. The van der Waals surface area contributed by atoms with Gasteiger partial charge in [-0.1, -0.05) is 12.0 Å². The number of hydrogen-bond acceptors (Lipinski definition) is 2. The molecule has 1 aromatic rings. The Morgan fingerprint density at radius 3 is 2.92 bits per heavy atom. The van der Waals surface area contributed by atoms with Gasteiger partial charge in [0.15, 0.2) is 0 Å². The highest BCUT2D eigenvalue weighted by Crippen LogP contribution is 2.13. The monoisotopic (exact) mass is 170 g/mol. The third kappa shape index (κ3) is 2.25. The molecule has 0 radical (unpaired) electrons. The van der Waals surface area contributed by atoms with Crippen LogP contribution in [0.15, 0.2) is 24.3 Å². The Morgan fingerprint density at radius 1 is 1.54 bits per heavy atom. The Hall–Kier alpha value is -1.93. The SMILES string of the molecule is C#Cc1cccc(N(C)CC#N)c1. The molecule has 64 valence electrons. The number of hydrogen-bond donors (Lipinski definition) is 0. The average Bonchev–Trinajstić information content (AvgIpc) is 2.18. The standard InChI is InChI=1S/C11H10N2/c1-3-10-5-4-6-11(9-10)13(2)8-7-12/h1,4-6,9H,8H2,2H3. The summed E-state index contributed by atoms with van der Waals surface area (Å²) in [7, 11) is 1.86. The van der Waals surface area contributed by atoms with Crippen molar-refractivity contribution in [3.05, 3.63) is 29.8 Å². The molecule has 13 heavy (non-hydrogen) atoms. The van der Waals surface area contributed by atoms with Crippen LogP contribution in [0.3, 0.4) is 0 Å². The van der Waals surface area contributed by atoms with Gasteiger partial charge in [-0.05, 0) is 18.2 Å². The lowest BCUT2D eigenvalue weighted by atomic mass is 10.2. The van der Waals surface area contributed by atoms with Crippen molar-refractivity contribution >= 4 is 5.69 Å². The maximum absolute atomic E-state index is 8.49. The minimum Gasteiger partial charge on any atom is -0.361 e. The molecule has 0 bridgehead atoms. The Balaban J connectivity index is 2.91. The fourth-order valence-electron chi connectivity index (χ4n) is 1.03. The highest BCUT2D eigenvalue weighted by Gasteiger charge is 1.98. The summed E-state index contributed by atoms with van der Waals surface area (Å²) in [5.74, 6) is 2.55. The number of anilines is 1. The third-order valence-electron chi connectivity index (χ3n) is 1.76. The minimum absolute atomic E-state index is 0.369. The summed E-state index contributed by atoms with van der Waals surface area (Å²) in [6.45, 7) is 0.369. The Labute approximate surface area is 78.4 Å². The van der Waals surface area contributed by atoms with Gasteiger partial charge in [0.25, 0.3) is 0 Å². The summed E-state index contributed by atoms with van der Waals surface area (Å²) in [6.07, 6.45) is 5.26. The van der Waals surface area contributed by atoms with Gasteiger partial charge in [-0.25, -0.2) is 0 Å². The topological polar surface area (TPSA) is 27.0 Å². The molecular weight excluding hydrogens is 160 g/mol. The molecule has 0 heterocycles. The van der Waals surface area contributed by atoms with E-state index in [9.17, 15) is 0 Å². The molecule has 2 heteroatoms. The first kappa shape index (κ1) is 9.16. The van der Waals surface area contributed by atoms with E-state index in [0.29, 0.717) is 6.54 Å². The van der Waals surface area contributed by atoms with Crippen molar-refractivity contribution in [1.82, 2.24) is 0 Å². The number of nitriles is 1. The van der Waals surface area contributed by atoms with Gasteiger partial charge in [-0.2, -0.15) is 5.26 Å². The van der Waals surface area contributed by atoms with Crippen LogP contribution in [-0.4, -0.2) is 13.6 Å². The van der Waals surface area contributed by atoms with Crippen LogP contribution in [0.5, 0.6) is 0 Å². The van der Waals surface area contributed by atoms with Crippen LogP contribution < -0.4 is 4.90 Å². The predicted molar refractivity (Wildman–Crippen MR) is 53.3 cm³/mol. The van der Waals surface area contributed by atoms with Crippen molar-refractivity contribution in [3.63, 3.8) is 0 Å². The highest BCUT2D eigenvalue weighted by atomic mass is 15.1. The summed E-state index contributed by atoms with van der Waals surface area (Å²) in [4.78, 5) is 1.85. The van der Waals surface area contributed by atoms with Crippen molar-refractivity contribution in [1.29, 1.82) is 5.26 Å². The van der Waals surface area contributed by atoms with Gasteiger partial charge in [0.2, 0.25) is 0 Å². The van der Waals surface area contributed by atoms with E-state index in [1.54, 1.807) is 0 Å². The second kappa shape index (κ2) is 4.18. The maximum Gasteiger partial charge on any atom is 0.105 e. The van der Waals surface area contributed by atoms with E-state index >= 15 is 0 Å². The van der Waals surface area contributed by atoms with Gasteiger partial charge in [0.05, 0.1) is 6.07 Å². The van der Waals surface area contributed by atoms with Crippen LogP contribution in [0.1, 0.15) is 5.56 Å². The first-order valence-electron chi connectivity index (χ1n) is 3.92. The second-order valence-corrected chi connectivity index (χ2v) is 2.71. The molecule has 0 saturated heterocycles. The summed E-state index contributed by atoms with van der Waals surface area (Å²) in [5.41, 5.74) is 1.80. The second-order valence-electron chi connectivity index (χ2n) is 2.71. The minimum atomic E-state index is 0.369. The molecule has 0 unspecified atom stereocenters. The number of nitrogens with zero attached hydrogens (tertiary/aromatic N) is 2. The molecule has 0 aliphatic carbocycles. The molecule has 0 saturated carbocycles. The number of terminal acetylenes is 1. The smallest absolute Gasteiger partial charge is 0.105 e. The van der Waals surface area contributed by atoms with Crippen LogP contribution in [0.25, 0.3) is 0 Å². The van der Waals surface area contributed by atoms with E-state index in [4.69, 9.17) is 11.7 Å². The summed E-state index contributed by atoms with van der Waals surface area (Å²) >= 11 is 0. The summed E-state index contributed by atoms with van der Waals surface area (Å²) < 4.78 is 0. The van der Waals surface area contributed by atoms with E-state index in [2.05, 4.69) is 12.0 Å². The van der Waals surface area contributed by atoms with Crippen molar-refractivity contribution < 1.29 is 0 Å². The summed E-state index contributed by atoms with van der Waals surface area (Å²) in [6, 6.07) is 9.64. The van der Waals surface area contributed by atoms with E-state index < -0.39 is 0 Å². The normalized spacial score (nSPS) is 8.54. The zero-order valence-electron chi connectivity index (χ0n) is 7.49. The van der Waals surface area contributed by atoms with E-state index in [-0.39, 0.29) is 0 Å². The lowest BCUT2D eigenvalue weighted by Gasteiger charge is -2.14. The Bertz CT molecular complexity index is 368. The molecule has 0 aliphatic rings. The molecule has 0 aromatic heterocycles. The molecular formula is C11H10N2. The first-order chi connectivity index (χ1) is 6.27. The molecule has 0 amide bonds. The molecule has 0 aliphatic heterocycles. The van der Waals surface area contributed by atoms with Crippen molar-refractivity contribution in [3.8, 4) is 18.4 Å². The Morgan fingerprint density at radius 2 is 2.31 bits per heavy atom. The maximum atomic E-state index is 8.49. The lowest BCUT2D eigenvalue weighted by Crippen LogP contribution is -2.16. The quantitative estimate of drug-likeness (QED) is 0.498. The van der Waals surface area contributed by atoms with Gasteiger partial charge < -0.3 is 4.90 Å². The van der Waals surface area contributed by atoms with Crippen LogP contribution in [0, 0.1) is 23.7 Å². The summed E-state index contributed by atoms with van der Waals surface area (Å²) in [5, 5.41) is 8.49. The van der Waals surface area contributed by atoms with Gasteiger partial charge in [0, 0.05) is 18.3 Å². The first-order valence-corrected chi connectivity index (χ1v) is 3.92. The zero-order chi connectivity index (χ0) is 9.68. The van der Waals surface area contributed by atoms with E-state index in [1.165, 1.54) is 0 Å². The molecule has 0 atom stereocenters. The van der Waals surface area contributed by atoms with Crippen molar-refractivity contribution in [2.45, 2.75) is 0 Å². The zero-order valence-corrected chi connectivity index (χ0v) is 7.49. The average molecular weight is 170 g/mol. The highest BCUT2D eigenvalue weighted by molar-refractivity contribution is 5.52. The van der Waals surface area contributed by atoms with Crippen LogP contribution in [-0.2, 0) is 0 Å². The largest absolute Gasteiger partial charge is 0.361 e. The van der Waals surface area contributed by atoms with Crippen LogP contribution >= 0.6 is 0 Å². The molecule has 0 spiro atoms. The van der Waals surface area contributed by atoms with Crippen LogP contribution in [0.4, 0.5) is 5.69 Å². The molecule has 0 N–H and O–H groups in total. The lowest BCUT2D eigenvalue weighted by molar-refractivity contribution is 1.04. The van der Waals surface area contributed by atoms with Gasteiger partial charge in [-0.3, -0.25) is 0 Å².